The molecule has 110 valence electrons. The minimum atomic E-state index is 0.382. The molecular weight excluding hydrogens is 280 g/mol. The standard InChI is InChI=1S/C13H19ClN4O2/c1-19-9-12-15-11(14)6-13(16-12)18-4-2-17(3-5-18)10-7-20-8-10/h6,10H,2-5,7-9H2,1H3. The van der Waals surface area contributed by atoms with Gasteiger partial charge in [0.05, 0.1) is 19.3 Å². The number of methoxy groups -OCH3 is 1. The Bertz CT molecular complexity index is 462. The smallest absolute Gasteiger partial charge is 0.158 e. The summed E-state index contributed by atoms with van der Waals surface area (Å²) in [5.41, 5.74) is 0. The van der Waals surface area contributed by atoms with Gasteiger partial charge in [0.2, 0.25) is 0 Å². The summed E-state index contributed by atoms with van der Waals surface area (Å²) < 4.78 is 10.3. The first-order chi connectivity index (χ1) is 9.76. The monoisotopic (exact) mass is 298 g/mol. The van der Waals surface area contributed by atoms with Gasteiger partial charge < -0.3 is 14.4 Å². The van der Waals surface area contributed by atoms with E-state index in [1.807, 2.05) is 6.07 Å². The lowest BCUT2D eigenvalue weighted by molar-refractivity contribution is -0.0661. The lowest BCUT2D eigenvalue weighted by Gasteiger charge is -2.42. The van der Waals surface area contributed by atoms with Gasteiger partial charge in [0.25, 0.3) is 0 Å². The molecule has 3 heterocycles. The zero-order chi connectivity index (χ0) is 13.9. The molecule has 0 aromatic carbocycles. The van der Waals surface area contributed by atoms with Gasteiger partial charge in [0, 0.05) is 39.4 Å². The van der Waals surface area contributed by atoms with Gasteiger partial charge in [-0.05, 0) is 0 Å². The predicted octanol–water partition coefficient (Wildman–Crippen LogP) is 0.797. The third-order valence-electron chi connectivity index (χ3n) is 3.78. The largest absolute Gasteiger partial charge is 0.378 e. The molecule has 2 saturated heterocycles. The molecule has 6 nitrogen and oxygen atoms in total. The van der Waals surface area contributed by atoms with Gasteiger partial charge in [0.15, 0.2) is 5.82 Å². The second kappa shape index (κ2) is 6.22. The number of hydrogen-bond acceptors (Lipinski definition) is 6. The fraction of sp³-hybridized carbons (Fsp3) is 0.692. The molecule has 2 aliphatic rings. The Labute approximate surface area is 123 Å². The van der Waals surface area contributed by atoms with Crippen LogP contribution >= 0.6 is 11.6 Å². The number of rotatable bonds is 4. The number of aromatic nitrogens is 2. The van der Waals surface area contributed by atoms with E-state index in [0.29, 0.717) is 23.6 Å². The molecule has 0 radical (unpaired) electrons. The maximum Gasteiger partial charge on any atom is 0.158 e. The van der Waals surface area contributed by atoms with Crippen molar-refractivity contribution in [3.63, 3.8) is 0 Å². The molecule has 0 aliphatic carbocycles. The minimum Gasteiger partial charge on any atom is -0.378 e. The van der Waals surface area contributed by atoms with Gasteiger partial charge in [-0.1, -0.05) is 11.6 Å². The van der Waals surface area contributed by atoms with Crippen LogP contribution in [0.1, 0.15) is 5.82 Å². The van der Waals surface area contributed by atoms with Crippen molar-refractivity contribution in [3.05, 3.63) is 17.0 Å². The van der Waals surface area contributed by atoms with Crippen LogP contribution in [0.4, 0.5) is 5.82 Å². The first kappa shape index (κ1) is 14.0. The highest BCUT2D eigenvalue weighted by Gasteiger charge is 2.29. The average Bonchev–Trinajstić information content (AvgIpc) is 2.37. The third-order valence-corrected chi connectivity index (χ3v) is 3.97. The Balaban J connectivity index is 1.64. The molecule has 7 heteroatoms. The van der Waals surface area contributed by atoms with Gasteiger partial charge in [-0.15, -0.1) is 0 Å². The van der Waals surface area contributed by atoms with Crippen molar-refractivity contribution in [2.24, 2.45) is 0 Å². The Hall–Kier alpha value is -0.950. The first-order valence-corrected chi connectivity index (χ1v) is 7.23. The molecule has 0 bridgehead atoms. The van der Waals surface area contributed by atoms with E-state index in [-0.39, 0.29) is 0 Å². The van der Waals surface area contributed by atoms with Crippen LogP contribution < -0.4 is 4.90 Å². The molecule has 0 spiro atoms. The Morgan fingerprint density at radius 2 is 2.05 bits per heavy atom. The lowest BCUT2D eigenvalue weighted by atomic mass is 10.2. The van der Waals surface area contributed by atoms with Crippen LogP contribution in [-0.2, 0) is 16.1 Å². The summed E-state index contributed by atoms with van der Waals surface area (Å²) in [4.78, 5) is 13.4. The van der Waals surface area contributed by atoms with Crippen molar-refractivity contribution in [3.8, 4) is 0 Å². The second-order valence-electron chi connectivity index (χ2n) is 5.11. The Morgan fingerprint density at radius 1 is 1.30 bits per heavy atom. The van der Waals surface area contributed by atoms with Gasteiger partial charge >= 0.3 is 0 Å². The average molecular weight is 299 g/mol. The van der Waals surface area contributed by atoms with Crippen molar-refractivity contribution in [2.75, 3.05) is 51.4 Å². The highest BCUT2D eigenvalue weighted by molar-refractivity contribution is 6.29. The fourth-order valence-corrected chi connectivity index (χ4v) is 2.75. The first-order valence-electron chi connectivity index (χ1n) is 6.85. The number of nitrogens with zero attached hydrogens (tertiary/aromatic N) is 4. The van der Waals surface area contributed by atoms with Gasteiger partial charge in [-0.2, -0.15) is 0 Å². The zero-order valence-corrected chi connectivity index (χ0v) is 12.3. The van der Waals surface area contributed by atoms with E-state index in [1.165, 1.54) is 0 Å². The van der Waals surface area contributed by atoms with E-state index in [0.717, 1.165) is 45.2 Å². The summed E-state index contributed by atoms with van der Waals surface area (Å²) in [6.07, 6.45) is 0. The quantitative estimate of drug-likeness (QED) is 0.766. The molecule has 2 fully saturated rings. The highest BCUT2D eigenvalue weighted by atomic mass is 35.5. The molecule has 20 heavy (non-hydrogen) atoms. The summed E-state index contributed by atoms with van der Waals surface area (Å²) in [5, 5.41) is 0.469. The minimum absolute atomic E-state index is 0.382. The summed E-state index contributed by atoms with van der Waals surface area (Å²) in [6.45, 7) is 6.11. The van der Waals surface area contributed by atoms with Gasteiger partial charge in [-0.3, -0.25) is 4.90 Å². The second-order valence-corrected chi connectivity index (χ2v) is 5.50. The highest BCUT2D eigenvalue weighted by Crippen LogP contribution is 2.20. The summed E-state index contributed by atoms with van der Waals surface area (Å²) in [6, 6.07) is 2.43. The van der Waals surface area contributed by atoms with Crippen molar-refractivity contribution in [2.45, 2.75) is 12.6 Å². The molecule has 0 atom stereocenters. The van der Waals surface area contributed by atoms with E-state index in [4.69, 9.17) is 21.1 Å². The number of ether oxygens (including phenoxy) is 2. The van der Waals surface area contributed by atoms with Crippen molar-refractivity contribution >= 4 is 17.4 Å². The summed E-state index contributed by atoms with van der Waals surface area (Å²) >= 11 is 6.06. The van der Waals surface area contributed by atoms with E-state index >= 15 is 0 Å². The number of anilines is 1. The maximum atomic E-state index is 6.06. The SMILES string of the molecule is COCc1nc(Cl)cc(N2CCN(C3COC3)CC2)n1. The zero-order valence-electron chi connectivity index (χ0n) is 11.6. The molecule has 3 rings (SSSR count). The van der Waals surface area contributed by atoms with Crippen LogP contribution in [-0.4, -0.2) is 67.4 Å². The van der Waals surface area contributed by atoms with Crippen molar-refractivity contribution in [1.29, 1.82) is 0 Å². The Morgan fingerprint density at radius 3 is 2.65 bits per heavy atom. The van der Waals surface area contributed by atoms with Crippen LogP contribution in [0.15, 0.2) is 6.07 Å². The number of piperazine rings is 1. The van der Waals surface area contributed by atoms with E-state index in [2.05, 4.69) is 19.8 Å². The van der Waals surface area contributed by atoms with Crippen LogP contribution in [0.5, 0.6) is 0 Å². The van der Waals surface area contributed by atoms with Crippen LogP contribution in [0, 0.1) is 0 Å². The molecule has 1 aromatic heterocycles. The number of halogens is 1. The normalized spacial score (nSPS) is 21.0. The summed E-state index contributed by atoms with van der Waals surface area (Å²) in [7, 11) is 1.63. The van der Waals surface area contributed by atoms with E-state index < -0.39 is 0 Å². The van der Waals surface area contributed by atoms with E-state index in [1.54, 1.807) is 7.11 Å². The van der Waals surface area contributed by atoms with Crippen LogP contribution in [0.3, 0.4) is 0 Å². The molecule has 0 N–H and O–H groups in total. The molecule has 0 unspecified atom stereocenters. The van der Waals surface area contributed by atoms with Gasteiger partial charge in [-0.25, -0.2) is 9.97 Å². The predicted molar refractivity (Wildman–Crippen MR) is 76.1 cm³/mol. The van der Waals surface area contributed by atoms with Gasteiger partial charge in [0.1, 0.15) is 17.6 Å². The molecular formula is C13H19ClN4O2. The van der Waals surface area contributed by atoms with Crippen molar-refractivity contribution in [1.82, 2.24) is 14.9 Å². The van der Waals surface area contributed by atoms with E-state index in [9.17, 15) is 0 Å². The summed E-state index contributed by atoms with van der Waals surface area (Å²) in [5.74, 6) is 1.52. The van der Waals surface area contributed by atoms with Crippen molar-refractivity contribution < 1.29 is 9.47 Å². The molecule has 1 aromatic rings. The number of hydrogen-bond donors (Lipinski definition) is 0. The van der Waals surface area contributed by atoms with Crippen LogP contribution in [0.25, 0.3) is 0 Å². The fourth-order valence-electron chi connectivity index (χ4n) is 2.56. The van der Waals surface area contributed by atoms with Crippen LogP contribution in [0.2, 0.25) is 5.15 Å². The molecule has 0 amide bonds. The third kappa shape index (κ3) is 3.03. The molecule has 2 aliphatic heterocycles. The maximum absolute atomic E-state index is 6.06. The lowest BCUT2D eigenvalue weighted by Crippen LogP contribution is -2.56. The molecule has 0 saturated carbocycles. The Kier molecular flexibility index (Phi) is 4.35. The topological polar surface area (TPSA) is 50.7 Å².